The van der Waals surface area contributed by atoms with E-state index in [9.17, 15) is 0 Å². The van der Waals surface area contributed by atoms with Gasteiger partial charge in [-0.3, -0.25) is 0 Å². The van der Waals surface area contributed by atoms with Gasteiger partial charge in [0.1, 0.15) is 0 Å². The quantitative estimate of drug-likeness (QED) is 0.659. The second-order valence-corrected chi connectivity index (χ2v) is 4.50. The van der Waals surface area contributed by atoms with Crippen molar-refractivity contribution in [3.63, 3.8) is 0 Å². The maximum absolute atomic E-state index is 3.86. The summed E-state index contributed by atoms with van der Waals surface area (Å²) < 4.78 is 0. The van der Waals surface area contributed by atoms with E-state index in [-0.39, 0.29) is 0 Å². The first-order valence-corrected chi connectivity index (χ1v) is 6.55. The highest BCUT2D eigenvalue weighted by molar-refractivity contribution is 5.14. The SMILES string of the molecule is [CH2]CCN(C)CCCNCCc1ccccc1. The molecule has 1 rings (SSSR count). The zero-order chi connectivity index (χ0) is 12.3. The molecule has 0 spiro atoms. The molecule has 0 aliphatic rings. The van der Waals surface area contributed by atoms with Crippen LogP contribution >= 0.6 is 0 Å². The van der Waals surface area contributed by atoms with Gasteiger partial charge in [-0.1, -0.05) is 37.3 Å². The molecular formula is C15H25N2. The Morgan fingerprint density at radius 1 is 1.12 bits per heavy atom. The van der Waals surface area contributed by atoms with Crippen LogP contribution in [-0.2, 0) is 6.42 Å². The van der Waals surface area contributed by atoms with Crippen molar-refractivity contribution < 1.29 is 0 Å². The van der Waals surface area contributed by atoms with Crippen molar-refractivity contribution in [2.75, 3.05) is 33.2 Å². The minimum Gasteiger partial charge on any atom is -0.316 e. The summed E-state index contributed by atoms with van der Waals surface area (Å²) in [6.07, 6.45) is 3.33. The lowest BCUT2D eigenvalue weighted by Crippen LogP contribution is -2.25. The van der Waals surface area contributed by atoms with Gasteiger partial charge in [0.15, 0.2) is 0 Å². The van der Waals surface area contributed by atoms with Crippen LogP contribution in [0.4, 0.5) is 0 Å². The van der Waals surface area contributed by atoms with Crippen LogP contribution < -0.4 is 5.32 Å². The normalized spacial score (nSPS) is 11.0. The molecule has 0 fully saturated rings. The molecule has 17 heavy (non-hydrogen) atoms. The lowest BCUT2D eigenvalue weighted by atomic mass is 10.1. The summed E-state index contributed by atoms with van der Waals surface area (Å²) in [5, 5.41) is 3.49. The van der Waals surface area contributed by atoms with Crippen LogP contribution in [0.3, 0.4) is 0 Å². The third kappa shape index (κ3) is 7.14. The van der Waals surface area contributed by atoms with E-state index in [0.29, 0.717) is 0 Å². The second-order valence-electron chi connectivity index (χ2n) is 4.50. The highest BCUT2D eigenvalue weighted by Crippen LogP contribution is 1.98. The highest BCUT2D eigenvalue weighted by Gasteiger charge is 1.96. The third-order valence-electron chi connectivity index (χ3n) is 2.87. The fraction of sp³-hybridized carbons (Fsp3) is 0.533. The predicted molar refractivity (Wildman–Crippen MR) is 75.1 cm³/mol. The van der Waals surface area contributed by atoms with Crippen LogP contribution in [0.15, 0.2) is 30.3 Å². The number of benzene rings is 1. The Labute approximate surface area is 106 Å². The van der Waals surface area contributed by atoms with Gasteiger partial charge in [-0.25, -0.2) is 0 Å². The molecule has 0 heterocycles. The van der Waals surface area contributed by atoms with Crippen LogP contribution in [0.25, 0.3) is 0 Å². The van der Waals surface area contributed by atoms with Gasteiger partial charge in [0.25, 0.3) is 0 Å². The van der Waals surface area contributed by atoms with Gasteiger partial charge in [0.2, 0.25) is 0 Å². The first-order chi connectivity index (χ1) is 8.33. The number of hydrogen-bond acceptors (Lipinski definition) is 2. The Kier molecular flexibility index (Phi) is 7.69. The molecule has 0 aliphatic heterocycles. The van der Waals surface area contributed by atoms with E-state index >= 15 is 0 Å². The highest BCUT2D eigenvalue weighted by atomic mass is 15.1. The molecule has 1 aromatic carbocycles. The second kappa shape index (κ2) is 9.20. The molecule has 0 aromatic heterocycles. The molecule has 1 N–H and O–H groups in total. The van der Waals surface area contributed by atoms with Crippen molar-refractivity contribution >= 4 is 0 Å². The lowest BCUT2D eigenvalue weighted by Gasteiger charge is -2.15. The Morgan fingerprint density at radius 2 is 1.88 bits per heavy atom. The number of nitrogens with one attached hydrogen (secondary N) is 1. The van der Waals surface area contributed by atoms with Crippen LogP contribution in [0.2, 0.25) is 0 Å². The Bertz CT molecular complexity index is 272. The molecule has 0 unspecified atom stereocenters. The summed E-state index contributed by atoms with van der Waals surface area (Å²) in [5.41, 5.74) is 1.41. The third-order valence-corrected chi connectivity index (χ3v) is 2.87. The summed E-state index contributed by atoms with van der Waals surface area (Å²) in [6, 6.07) is 10.6. The number of nitrogens with zero attached hydrogens (tertiary/aromatic N) is 1. The molecule has 0 amide bonds. The van der Waals surface area contributed by atoms with Crippen LogP contribution in [0.1, 0.15) is 18.4 Å². The van der Waals surface area contributed by atoms with E-state index in [1.165, 1.54) is 12.0 Å². The van der Waals surface area contributed by atoms with Crippen molar-refractivity contribution in [1.29, 1.82) is 0 Å². The smallest absolute Gasteiger partial charge is 0.000834 e. The summed E-state index contributed by atoms with van der Waals surface area (Å²) >= 11 is 0. The van der Waals surface area contributed by atoms with E-state index in [2.05, 4.69) is 54.5 Å². The summed E-state index contributed by atoms with van der Waals surface area (Å²) in [7, 11) is 2.16. The molecule has 0 bridgehead atoms. The largest absolute Gasteiger partial charge is 0.316 e. The number of hydrogen-bond donors (Lipinski definition) is 1. The minimum absolute atomic E-state index is 0.998. The lowest BCUT2D eigenvalue weighted by molar-refractivity contribution is 0.333. The standard InChI is InChI=1S/C15H25N2/c1-3-13-17(2)14-7-11-16-12-10-15-8-5-4-6-9-15/h4-6,8-9,16H,1,3,7,10-14H2,2H3. The fourth-order valence-corrected chi connectivity index (χ4v) is 1.86. The first kappa shape index (κ1) is 14.2. The summed E-state index contributed by atoms with van der Waals surface area (Å²) in [6.45, 7) is 8.30. The van der Waals surface area contributed by atoms with Gasteiger partial charge in [-0.05, 0) is 58.1 Å². The molecule has 1 aromatic rings. The molecule has 95 valence electrons. The molecular weight excluding hydrogens is 208 g/mol. The summed E-state index contributed by atoms with van der Waals surface area (Å²) in [4.78, 5) is 2.34. The van der Waals surface area contributed by atoms with Crippen LogP contribution in [-0.4, -0.2) is 38.1 Å². The van der Waals surface area contributed by atoms with Gasteiger partial charge in [0, 0.05) is 0 Å². The Morgan fingerprint density at radius 3 is 2.59 bits per heavy atom. The van der Waals surface area contributed by atoms with Crippen molar-refractivity contribution in [3.05, 3.63) is 42.8 Å². The maximum atomic E-state index is 3.86. The zero-order valence-corrected chi connectivity index (χ0v) is 11.0. The van der Waals surface area contributed by atoms with E-state index in [1.807, 2.05) is 0 Å². The van der Waals surface area contributed by atoms with Crippen molar-refractivity contribution in [2.24, 2.45) is 0 Å². The summed E-state index contributed by atoms with van der Waals surface area (Å²) in [5.74, 6) is 0. The minimum atomic E-state index is 0.998. The zero-order valence-electron chi connectivity index (χ0n) is 11.0. The van der Waals surface area contributed by atoms with Crippen molar-refractivity contribution in [1.82, 2.24) is 10.2 Å². The topological polar surface area (TPSA) is 15.3 Å². The van der Waals surface area contributed by atoms with Gasteiger partial charge >= 0.3 is 0 Å². The molecule has 1 radical (unpaired) electrons. The van der Waals surface area contributed by atoms with E-state index < -0.39 is 0 Å². The van der Waals surface area contributed by atoms with Gasteiger partial charge in [-0.15, -0.1) is 0 Å². The molecule has 0 saturated heterocycles. The average molecular weight is 233 g/mol. The monoisotopic (exact) mass is 233 g/mol. The van der Waals surface area contributed by atoms with Crippen LogP contribution in [0, 0.1) is 6.92 Å². The van der Waals surface area contributed by atoms with E-state index in [0.717, 1.165) is 39.0 Å². The van der Waals surface area contributed by atoms with Gasteiger partial charge < -0.3 is 10.2 Å². The van der Waals surface area contributed by atoms with Crippen molar-refractivity contribution in [2.45, 2.75) is 19.3 Å². The molecule has 0 saturated carbocycles. The first-order valence-electron chi connectivity index (χ1n) is 6.55. The fourth-order valence-electron chi connectivity index (χ4n) is 1.86. The molecule has 0 aliphatic carbocycles. The average Bonchev–Trinajstić information content (AvgIpc) is 2.35. The molecule has 2 nitrogen and oxygen atoms in total. The molecule has 2 heteroatoms. The van der Waals surface area contributed by atoms with Crippen LogP contribution in [0.5, 0.6) is 0 Å². The Balaban J connectivity index is 1.95. The van der Waals surface area contributed by atoms with Crippen molar-refractivity contribution in [3.8, 4) is 0 Å². The Hall–Kier alpha value is -0.860. The van der Waals surface area contributed by atoms with Gasteiger partial charge in [0.05, 0.1) is 0 Å². The van der Waals surface area contributed by atoms with E-state index in [4.69, 9.17) is 0 Å². The van der Waals surface area contributed by atoms with Gasteiger partial charge in [-0.2, -0.15) is 0 Å². The molecule has 0 atom stereocenters. The maximum Gasteiger partial charge on any atom is -0.000834 e. The van der Waals surface area contributed by atoms with E-state index in [1.54, 1.807) is 0 Å². The number of rotatable bonds is 9. The predicted octanol–water partition coefficient (Wildman–Crippen LogP) is 2.36.